The highest BCUT2D eigenvalue weighted by atomic mass is 16.5. The molecule has 4 unspecified atom stereocenters. The van der Waals surface area contributed by atoms with Crippen LogP contribution in [0.2, 0.25) is 0 Å². The molecule has 184 valence electrons. The van der Waals surface area contributed by atoms with Crippen molar-refractivity contribution in [2.24, 2.45) is 5.92 Å². The smallest absolute Gasteiger partial charge is 0.218 e. The molecule has 0 spiro atoms. The molecule has 3 aromatic carbocycles. The van der Waals surface area contributed by atoms with Gasteiger partial charge in [-0.15, -0.1) is 0 Å². The molecule has 36 heavy (non-hydrogen) atoms. The van der Waals surface area contributed by atoms with Crippen molar-refractivity contribution in [3.05, 3.63) is 102 Å². The summed E-state index contributed by atoms with van der Waals surface area (Å²) in [4.78, 5) is 12.6. The number of aldehydes is 1. The molecule has 1 aromatic heterocycles. The first-order valence-electron chi connectivity index (χ1n) is 12.1. The Hall–Kier alpha value is -4.10. The van der Waals surface area contributed by atoms with E-state index in [4.69, 9.17) is 9.84 Å². The van der Waals surface area contributed by atoms with E-state index in [2.05, 4.69) is 12.3 Å². The zero-order valence-corrected chi connectivity index (χ0v) is 20.6. The normalized spacial score (nSPS) is 20.3. The van der Waals surface area contributed by atoms with E-state index in [1.54, 1.807) is 11.8 Å². The molecule has 4 atom stereocenters. The average molecular weight is 483 g/mol. The molecule has 7 nitrogen and oxygen atoms in total. The van der Waals surface area contributed by atoms with E-state index in [1.165, 1.54) is 0 Å². The maximum Gasteiger partial charge on any atom is 0.218 e. The summed E-state index contributed by atoms with van der Waals surface area (Å²) in [5.41, 5.74) is 7.63. The van der Waals surface area contributed by atoms with Gasteiger partial charge in [-0.25, -0.2) is 10.1 Å². The molecule has 1 aliphatic heterocycles. The van der Waals surface area contributed by atoms with Gasteiger partial charge in [-0.2, -0.15) is 5.10 Å². The largest absolute Gasteiger partial charge is 0.497 e. The van der Waals surface area contributed by atoms with Crippen molar-refractivity contribution in [3.8, 4) is 17.3 Å². The maximum absolute atomic E-state index is 12.6. The van der Waals surface area contributed by atoms with Crippen LogP contribution in [0, 0.1) is 12.8 Å². The van der Waals surface area contributed by atoms with Crippen LogP contribution in [0.15, 0.2) is 84.9 Å². The van der Waals surface area contributed by atoms with Crippen molar-refractivity contribution in [1.82, 2.24) is 15.2 Å². The Morgan fingerprint density at radius 1 is 0.972 bits per heavy atom. The summed E-state index contributed by atoms with van der Waals surface area (Å²) in [5, 5.41) is 18.1. The number of carbonyl (C=O) groups is 1. The van der Waals surface area contributed by atoms with Crippen molar-refractivity contribution in [1.29, 1.82) is 0 Å². The van der Waals surface area contributed by atoms with Crippen LogP contribution in [-0.4, -0.2) is 40.4 Å². The van der Waals surface area contributed by atoms with Crippen molar-refractivity contribution in [2.45, 2.75) is 31.8 Å². The number of rotatable bonds is 7. The number of para-hydroxylation sites is 1. The van der Waals surface area contributed by atoms with Gasteiger partial charge >= 0.3 is 0 Å². The molecule has 0 amide bonds. The van der Waals surface area contributed by atoms with E-state index in [0.29, 0.717) is 0 Å². The number of aromatic hydroxyl groups is 1. The Kier molecular flexibility index (Phi) is 6.48. The van der Waals surface area contributed by atoms with Gasteiger partial charge in [0.15, 0.2) is 0 Å². The Morgan fingerprint density at radius 3 is 2.22 bits per heavy atom. The number of nitrogens with zero attached hydrogens (tertiary/aromatic N) is 3. The number of aryl methyl sites for hydroxylation is 1. The van der Waals surface area contributed by atoms with Gasteiger partial charge in [0.25, 0.3) is 0 Å². The summed E-state index contributed by atoms with van der Waals surface area (Å²) < 4.78 is 6.87. The summed E-state index contributed by atoms with van der Waals surface area (Å²) in [6.45, 7) is 3.99. The van der Waals surface area contributed by atoms with Gasteiger partial charge in [0, 0.05) is 23.4 Å². The molecule has 0 bridgehead atoms. The fourth-order valence-corrected chi connectivity index (χ4v) is 5.37. The lowest BCUT2D eigenvalue weighted by atomic mass is 9.74. The number of hydrogen-bond acceptors (Lipinski definition) is 6. The predicted molar refractivity (Wildman–Crippen MR) is 140 cm³/mol. The second-order valence-electron chi connectivity index (χ2n) is 9.15. The van der Waals surface area contributed by atoms with Gasteiger partial charge in [0.1, 0.15) is 18.1 Å². The van der Waals surface area contributed by atoms with E-state index in [1.807, 2.05) is 96.9 Å². The fourth-order valence-electron chi connectivity index (χ4n) is 5.37. The minimum absolute atomic E-state index is 0.0635. The summed E-state index contributed by atoms with van der Waals surface area (Å²) >= 11 is 0. The molecule has 4 aromatic rings. The second-order valence-corrected chi connectivity index (χ2v) is 9.15. The predicted octanol–water partition coefficient (Wildman–Crippen LogP) is 4.62. The maximum atomic E-state index is 12.6. The third-order valence-electron chi connectivity index (χ3n) is 7.04. The van der Waals surface area contributed by atoms with Crippen LogP contribution in [0.4, 0.5) is 5.69 Å². The topological polar surface area (TPSA) is 79.6 Å². The molecular weight excluding hydrogens is 452 g/mol. The molecule has 1 fully saturated rings. The van der Waals surface area contributed by atoms with Crippen LogP contribution in [0.1, 0.15) is 29.7 Å². The monoisotopic (exact) mass is 482 g/mol. The summed E-state index contributed by atoms with van der Waals surface area (Å²) in [7, 11) is 1.63. The van der Waals surface area contributed by atoms with Gasteiger partial charge < -0.3 is 14.6 Å². The van der Waals surface area contributed by atoms with E-state index >= 15 is 0 Å². The molecule has 5 rings (SSSR count). The number of methoxy groups -OCH3 is 1. The van der Waals surface area contributed by atoms with E-state index in [0.717, 1.165) is 40.2 Å². The van der Waals surface area contributed by atoms with Crippen LogP contribution in [0.3, 0.4) is 0 Å². The number of carbonyl (C=O) groups excluding carboxylic acids is 1. The average Bonchev–Trinajstić information content (AvgIpc) is 3.41. The molecule has 2 N–H and O–H groups in total. The fraction of sp³-hybridized carbons (Fsp3) is 0.241. The summed E-state index contributed by atoms with van der Waals surface area (Å²) in [6.07, 6.45) is 0.995. The first-order chi connectivity index (χ1) is 17.5. The highest BCUT2D eigenvalue weighted by Crippen LogP contribution is 2.45. The molecule has 2 heterocycles. The zero-order valence-electron chi connectivity index (χ0n) is 20.6. The van der Waals surface area contributed by atoms with Crippen molar-refractivity contribution in [2.75, 3.05) is 12.1 Å². The first kappa shape index (κ1) is 23.6. The van der Waals surface area contributed by atoms with Crippen molar-refractivity contribution in [3.63, 3.8) is 0 Å². The number of ether oxygens (including phenoxy) is 1. The molecule has 0 saturated carbocycles. The first-order valence-corrected chi connectivity index (χ1v) is 12.1. The zero-order chi connectivity index (χ0) is 25.2. The van der Waals surface area contributed by atoms with Crippen molar-refractivity contribution >= 4 is 12.0 Å². The minimum atomic E-state index is -0.475. The van der Waals surface area contributed by atoms with Crippen LogP contribution in [0.25, 0.3) is 5.69 Å². The van der Waals surface area contributed by atoms with E-state index in [9.17, 15) is 9.90 Å². The number of nitrogens with one attached hydrogen (secondary N) is 1. The summed E-state index contributed by atoms with van der Waals surface area (Å²) in [5.74, 6) is 0.392. The van der Waals surface area contributed by atoms with Gasteiger partial charge in [0.05, 0.1) is 24.2 Å². The van der Waals surface area contributed by atoms with E-state index in [-0.39, 0.29) is 23.8 Å². The number of anilines is 1. The van der Waals surface area contributed by atoms with Gasteiger partial charge in [0.2, 0.25) is 5.88 Å². The number of aromatic nitrogens is 2. The standard InChI is InChI=1S/C29H30N4O3/c1-19-26(25(18-34)32(30-19)23-14-16-24(36-3)17-15-23)28(21-10-6-4-7-11-21)27-20(2)31-33(29(27)35)22-12-8-5-9-13-22/h4-19,25-26,28,30,35H,1-3H3. The molecule has 7 heteroatoms. The third-order valence-corrected chi connectivity index (χ3v) is 7.04. The minimum Gasteiger partial charge on any atom is -0.497 e. The van der Waals surface area contributed by atoms with Crippen molar-refractivity contribution < 1.29 is 14.6 Å². The Balaban J connectivity index is 1.62. The number of benzene rings is 3. The molecule has 1 aliphatic rings. The third kappa shape index (κ3) is 4.12. The number of hydrogen-bond donors (Lipinski definition) is 2. The lowest BCUT2D eigenvalue weighted by molar-refractivity contribution is -0.109. The molecule has 1 saturated heterocycles. The van der Waals surface area contributed by atoms with Gasteiger partial charge in [-0.05, 0) is 55.8 Å². The quantitative estimate of drug-likeness (QED) is 0.374. The molecule has 0 aliphatic carbocycles. The Labute approximate surface area is 210 Å². The van der Waals surface area contributed by atoms with Crippen LogP contribution >= 0.6 is 0 Å². The summed E-state index contributed by atoms with van der Waals surface area (Å²) in [6, 6.07) is 26.7. The molecular formula is C29H30N4O3. The Bertz CT molecular complexity index is 1320. The Morgan fingerprint density at radius 2 is 1.61 bits per heavy atom. The van der Waals surface area contributed by atoms with Crippen LogP contribution in [0.5, 0.6) is 11.6 Å². The van der Waals surface area contributed by atoms with Crippen LogP contribution < -0.4 is 15.2 Å². The lowest BCUT2D eigenvalue weighted by Crippen LogP contribution is -2.40. The highest BCUT2D eigenvalue weighted by Gasteiger charge is 2.46. The molecule has 0 radical (unpaired) electrons. The lowest BCUT2D eigenvalue weighted by Gasteiger charge is -2.30. The number of hydrazine groups is 1. The van der Waals surface area contributed by atoms with E-state index < -0.39 is 6.04 Å². The SMILES string of the molecule is COc1ccc(N2NC(C)C(C(c3ccccc3)c3c(C)nn(-c4ccccc4)c3O)C2C=O)cc1. The van der Waals surface area contributed by atoms with Gasteiger partial charge in [-0.3, -0.25) is 5.01 Å². The second kappa shape index (κ2) is 9.87. The van der Waals surface area contributed by atoms with Gasteiger partial charge in [-0.1, -0.05) is 48.5 Å². The highest BCUT2D eigenvalue weighted by molar-refractivity contribution is 5.69. The van der Waals surface area contributed by atoms with Crippen LogP contribution in [-0.2, 0) is 4.79 Å².